The first-order valence-electron chi connectivity index (χ1n) is 6.78. The molecule has 1 heterocycles. The summed E-state index contributed by atoms with van der Waals surface area (Å²) in [5.41, 5.74) is 5.08. The molecule has 18 heavy (non-hydrogen) atoms. The number of benzene rings is 1. The van der Waals surface area contributed by atoms with Crippen LogP contribution >= 0.6 is 0 Å². The van der Waals surface area contributed by atoms with E-state index in [4.69, 9.17) is 4.42 Å². The lowest BCUT2D eigenvalue weighted by molar-refractivity contribution is 0.520. The molecule has 0 aliphatic carbocycles. The van der Waals surface area contributed by atoms with E-state index in [1.165, 1.54) is 22.1 Å². The Morgan fingerprint density at radius 3 is 2.56 bits per heavy atom. The predicted octanol–water partition coefficient (Wildman–Crippen LogP) is 4.15. The minimum Gasteiger partial charge on any atom is -0.459 e. The Kier molecular flexibility index (Phi) is 3.76. The molecule has 0 atom stereocenters. The molecule has 1 aromatic heterocycles. The van der Waals surface area contributed by atoms with E-state index >= 15 is 0 Å². The Bertz CT molecular complexity index is 552. The maximum Gasteiger partial charge on any atom is 0.138 e. The molecule has 0 saturated heterocycles. The summed E-state index contributed by atoms with van der Waals surface area (Å²) >= 11 is 0. The monoisotopic (exact) mass is 245 g/mol. The number of rotatable bonds is 4. The number of nitrogens with one attached hydrogen (secondary N) is 1. The van der Waals surface area contributed by atoms with Crippen LogP contribution in [-0.2, 0) is 13.0 Å². The van der Waals surface area contributed by atoms with Crippen molar-refractivity contribution in [2.45, 2.75) is 46.6 Å². The first kappa shape index (κ1) is 13.2. The summed E-state index contributed by atoms with van der Waals surface area (Å²) < 4.78 is 6.14. The van der Waals surface area contributed by atoms with E-state index in [1.807, 2.05) is 7.05 Å². The van der Waals surface area contributed by atoms with Crippen LogP contribution in [0.1, 0.15) is 49.1 Å². The van der Waals surface area contributed by atoms with Gasteiger partial charge in [-0.05, 0) is 37.4 Å². The van der Waals surface area contributed by atoms with Crippen molar-refractivity contribution in [3.63, 3.8) is 0 Å². The second-order valence-electron chi connectivity index (χ2n) is 5.22. The largest absolute Gasteiger partial charge is 0.459 e. The third-order valence-electron chi connectivity index (χ3n) is 3.57. The van der Waals surface area contributed by atoms with Gasteiger partial charge in [0.25, 0.3) is 0 Å². The summed E-state index contributed by atoms with van der Waals surface area (Å²) in [5.74, 6) is 1.58. The normalized spacial score (nSPS) is 11.7. The van der Waals surface area contributed by atoms with Crippen LogP contribution in [0.2, 0.25) is 0 Å². The van der Waals surface area contributed by atoms with E-state index in [0.29, 0.717) is 5.92 Å². The maximum atomic E-state index is 6.14. The molecule has 98 valence electrons. The van der Waals surface area contributed by atoms with Gasteiger partial charge in [-0.25, -0.2) is 0 Å². The van der Waals surface area contributed by atoms with Crippen molar-refractivity contribution >= 4 is 11.0 Å². The van der Waals surface area contributed by atoms with Gasteiger partial charge in [0.2, 0.25) is 0 Å². The van der Waals surface area contributed by atoms with Gasteiger partial charge in [0.1, 0.15) is 11.3 Å². The van der Waals surface area contributed by atoms with Crippen LogP contribution in [0.15, 0.2) is 16.5 Å². The fraction of sp³-hybridized carbons (Fsp3) is 0.500. The van der Waals surface area contributed by atoms with E-state index in [2.05, 4.69) is 45.1 Å². The fourth-order valence-electron chi connectivity index (χ4n) is 2.64. The van der Waals surface area contributed by atoms with E-state index in [1.54, 1.807) is 0 Å². The number of furan rings is 1. The van der Waals surface area contributed by atoms with Gasteiger partial charge in [-0.1, -0.05) is 32.9 Å². The van der Waals surface area contributed by atoms with Crippen molar-refractivity contribution < 1.29 is 4.42 Å². The summed E-state index contributed by atoms with van der Waals surface area (Å²) in [6, 6.07) is 4.42. The highest BCUT2D eigenvalue weighted by Gasteiger charge is 2.18. The van der Waals surface area contributed by atoms with Gasteiger partial charge in [-0.2, -0.15) is 0 Å². The zero-order valence-corrected chi connectivity index (χ0v) is 12.1. The highest BCUT2D eigenvalue weighted by molar-refractivity contribution is 5.88. The van der Waals surface area contributed by atoms with Gasteiger partial charge < -0.3 is 9.73 Å². The van der Waals surface area contributed by atoms with E-state index in [9.17, 15) is 0 Å². The molecule has 0 saturated carbocycles. The first-order chi connectivity index (χ1) is 8.60. The highest BCUT2D eigenvalue weighted by Crippen LogP contribution is 2.34. The van der Waals surface area contributed by atoms with Crippen molar-refractivity contribution in [1.82, 2.24) is 5.32 Å². The summed E-state index contributed by atoms with van der Waals surface area (Å²) in [6.45, 7) is 9.61. The topological polar surface area (TPSA) is 25.2 Å². The molecule has 1 aromatic carbocycles. The van der Waals surface area contributed by atoms with Gasteiger partial charge in [0.05, 0.1) is 6.54 Å². The Morgan fingerprint density at radius 1 is 1.28 bits per heavy atom. The lowest BCUT2D eigenvalue weighted by atomic mass is 9.96. The Hall–Kier alpha value is -1.28. The fourth-order valence-corrected chi connectivity index (χ4v) is 2.64. The average molecular weight is 245 g/mol. The lowest BCUT2D eigenvalue weighted by Crippen LogP contribution is -2.05. The van der Waals surface area contributed by atoms with Crippen LogP contribution in [0.25, 0.3) is 11.0 Å². The van der Waals surface area contributed by atoms with Crippen LogP contribution in [0.4, 0.5) is 0 Å². The number of hydrogen-bond donors (Lipinski definition) is 1. The molecule has 2 heteroatoms. The Morgan fingerprint density at radius 2 is 2.00 bits per heavy atom. The van der Waals surface area contributed by atoms with Crippen molar-refractivity contribution in [1.29, 1.82) is 0 Å². The summed E-state index contributed by atoms with van der Waals surface area (Å²) in [7, 11) is 1.96. The van der Waals surface area contributed by atoms with Crippen LogP contribution in [0.3, 0.4) is 0 Å². The number of hydrogen-bond acceptors (Lipinski definition) is 2. The standard InChI is InChI=1S/C16H23NO/c1-6-12-14(9-17-5)18-16-13(10(2)3)8-7-11(4)15(12)16/h7-8,10,17H,6,9H2,1-5H3. The molecule has 2 rings (SSSR count). The molecule has 0 radical (unpaired) electrons. The first-order valence-corrected chi connectivity index (χ1v) is 6.78. The zero-order chi connectivity index (χ0) is 13.3. The van der Waals surface area contributed by atoms with Crippen LogP contribution < -0.4 is 5.32 Å². The van der Waals surface area contributed by atoms with Gasteiger partial charge in [0.15, 0.2) is 0 Å². The minimum atomic E-state index is 0.492. The molecule has 0 aliphatic rings. The Labute approximate surface area is 109 Å². The van der Waals surface area contributed by atoms with Gasteiger partial charge in [0, 0.05) is 10.9 Å². The van der Waals surface area contributed by atoms with Crippen molar-refractivity contribution in [2.24, 2.45) is 0 Å². The van der Waals surface area contributed by atoms with Gasteiger partial charge in [-0.3, -0.25) is 0 Å². The zero-order valence-electron chi connectivity index (χ0n) is 12.1. The molecule has 2 nitrogen and oxygen atoms in total. The van der Waals surface area contributed by atoms with E-state index in [-0.39, 0.29) is 0 Å². The second-order valence-corrected chi connectivity index (χ2v) is 5.22. The Balaban J connectivity index is 2.76. The molecule has 1 N–H and O–H groups in total. The highest BCUT2D eigenvalue weighted by atomic mass is 16.3. The van der Waals surface area contributed by atoms with Crippen molar-refractivity contribution in [3.05, 3.63) is 34.6 Å². The number of fused-ring (bicyclic) bond motifs is 1. The molecule has 0 fully saturated rings. The molecule has 0 unspecified atom stereocenters. The summed E-state index contributed by atoms with van der Waals surface area (Å²) in [4.78, 5) is 0. The molecule has 0 aliphatic heterocycles. The van der Waals surface area contributed by atoms with E-state index in [0.717, 1.165) is 24.3 Å². The third-order valence-corrected chi connectivity index (χ3v) is 3.57. The van der Waals surface area contributed by atoms with Crippen molar-refractivity contribution in [2.75, 3.05) is 7.05 Å². The summed E-state index contributed by atoms with van der Waals surface area (Å²) in [5, 5.41) is 4.52. The average Bonchev–Trinajstić information content (AvgIpc) is 2.68. The molecular formula is C16H23NO. The summed E-state index contributed by atoms with van der Waals surface area (Å²) in [6.07, 6.45) is 1.02. The lowest BCUT2D eigenvalue weighted by Gasteiger charge is -2.07. The number of aryl methyl sites for hydroxylation is 2. The van der Waals surface area contributed by atoms with Crippen LogP contribution in [-0.4, -0.2) is 7.05 Å². The van der Waals surface area contributed by atoms with Crippen LogP contribution in [0.5, 0.6) is 0 Å². The van der Waals surface area contributed by atoms with Gasteiger partial charge >= 0.3 is 0 Å². The molecular weight excluding hydrogens is 222 g/mol. The molecule has 0 amide bonds. The quantitative estimate of drug-likeness (QED) is 0.875. The SMILES string of the molecule is CCc1c(CNC)oc2c(C(C)C)ccc(C)c12. The maximum absolute atomic E-state index is 6.14. The van der Waals surface area contributed by atoms with E-state index < -0.39 is 0 Å². The van der Waals surface area contributed by atoms with Crippen LogP contribution in [0, 0.1) is 6.92 Å². The minimum absolute atomic E-state index is 0.492. The second kappa shape index (κ2) is 5.15. The third kappa shape index (κ3) is 2.05. The van der Waals surface area contributed by atoms with Gasteiger partial charge in [-0.15, -0.1) is 0 Å². The predicted molar refractivity (Wildman–Crippen MR) is 77.2 cm³/mol. The molecule has 2 aromatic rings. The molecule has 0 bridgehead atoms. The smallest absolute Gasteiger partial charge is 0.138 e. The van der Waals surface area contributed by atoms with Crippen molar-refractivity contribution in [3.8, 4) is 0 Å². The molecule has 0 spiro atoms.